The number of carbonyl (C=O) groups excluding carboxylic acids is 1. The van der Waals surface area contributed by atoms with Crippen molar-refractivity contribution in [2.24, 2.45) is 5.92 Å². The van der Waals surface area contributed by atoms with Crippen molar-refractivity contribution < 1.29 is 9.53 Å². The van der Waals surface area contributed by atoms with Gasteiger partial charge in [-0.3, -0.25) is 14.0 Å². The third kappa shape index (κ3) is 3.43. The summed E-state index contributed by atoms with van der Waals surface area (Å²) in [7, 11) is 1.42. The van der Waals surface area contributed by atoms with Gasteiger partial charge in [-0.15, -0.1) is 0 Å². The summed E-state index contributed by atoms with van der Waals surface area (Å²) in [6.45, 7) is 1.19. The fourth-order valence-electron chi connectivity index (χ4n) is 3.79. The first-order chi connectivity index (χ1) is 13.2. The summed E-state index contributed by atoms with van der Waals surface area (Å²) >= 11 is 0. The molecule has 1 aliphatic heterocycles. The zero-order valence-corrected chi connectivity index (χ0v) is 15.1. The van der Waals surface area contributed by atoms with Crippen LogP contribution < -0.4 is 10.5 Å². The normalized spacial score (nSPS) is 19.8. The van der Waals surface area contributed by atoms with Gasteiger partial charge in [0, 0.05) is 31.3 Å². The van der Waals surface area contributed by atoms with E-state index in [0.717, 1.165) is 6.42 Å². The number of benzene rings is 1. The first-order valence-electron chi connectivity index (χ1n) is 9.02. The zero-order chi connectivity index (χ0) is 18.8. The molecule has 1 fully saturated rings. The Morgan fingerprint density at radius 1 is 1.11 bits per heavy atom. The molecule has 0 bridgehead atoms. The Morgan fingerprint density at radius 3 is 2.67 bits per heavy atom. The highest BCUT2D eigenvalue weighted by Gasteiger charge is 2.33. The fraction of sp³-hybridized carbons (Fsp3) is 0.286. The van der Waals surface area contributed by atoms with Crippen molar-refractivity contribution >= 4 is 17.4 Å². The maximum atomic E-state index is 12.5. The number of aromatic nitrogens is 2. The van der Waals surface area contributed by atoms with E-state index in [1.54, 1.807) is 18.3 Å². The molecule has 6 heteroatoms. The minimum atomic E-state index is -0.259. The number of piperidine rings is 1. The molecule has 2 atom stereocenters. The number of methoxy groups -OCH3 is 1. The van der Waals surface area contributed by atoms with Gasteiger partial charge in [0.1, 0.15) is 11.5 Å². The highest BCUT2D eigenvalue weighted by Crippen LogP contribution is 2.32. The van der Waals surface area contributed by atoms with E-state index in [1.165, 1.54) is 23.1 Å². The average molecular weight is 363 g/mol. The molecular weight excluding hydrogens is 342 g/mol. The van der Waals surface area contributed by atoms with Crippen molar-refractivity contribution in [3.05, 3.63) is 76.7 Å². The molecule has 0 spiro atoms. The number of rotatable bonds is 3. The molecule has 0 amide bonds. The Balaban J connectivity index is 1.72. The van der Waals surface area contributed by atoms with Crippen molar-refractivity contribution in [2.75, 3.05) is 25.1 Å². The van der Waals surface area contributed by atoms with Crippen LogP contribution >= 0.6 is 0 Å². The van der Waals surface area contributed by atoms with E-state index in [2.05, 4.69) is 17.1 Å². The maximum Gasteiger partial charge on any atom is 0.310 e. The van der Waals surface area contributed by atoms with Crippen LogP contribution in [0.2, 0.25) is 0 Å². The van der Waals surface area contributed by atoms with E-state index in [0.29, 0.717) is 24.6 Å². The van der Waals surface area contributed by atoms with Gasteiger partial charge in [0.15, 0.2) is 0 Å². The highest BCUT2D eigenvalue weighted by molar-refractivity contribution is 5.73. The minimum absolute atomic E-state index is 0.132. The largest absolute Gasteiger partial charge is 0.469 e. The van der Waals surface area contributed by atoms with Crippen molar-refractivity contribution in [2.45, 2.75) is 12.3 Å². The number of pyridine rings is 1. The first kappa shape index (κ1) is 17.3. The Hall–Kier alpha value is -3.15. The van der Waals surface area contributed by atoms with E-state index in [-0.39, 0.29) is 23.4 Å². The van der Waals surface area contributed by atoms with Crippen LogP contribution in [0.15, 0.2) is 65.6 Å². The predicted molar refractivity (Wildman–Crippen MR) is 103 cm³/mol. The van der Waals surface area contributed by atoms with E-state index in [1.807, 2.05) is 29.2 Å². The van der Waals surface area contributed by atoms with E-state index >= 15 is 0 Å². The molecule has 0 unspecified atom stereocenters. The van der Waals surface area contributed by atoms with Gasteiger partial charge in [-0.1, -0.05) is 36.4 Å². The lowest BCUT2D eigenvalue weighted by atomic mass is 9.84. The van der Waals surface area contributed by atoms with Gasteiger partial charge in [-0.25, -0.2) is 4.98 Å². The summed E-state index contributed by atoms with van der Waals surface area (Å²) in [5, 5.41) is 0. The maximum absolute atomic E-state index is 12.5. The summed E-state index contributed by atoms with van der Waals surface area (Å²) in [6.07, 6.45) is 2.43. The average Bonchev–Trinajstić information content (AvgIpc) is 2.73. The highest BCUT2D eigenvalue weighted by atomic mass is 16.5. The van der Waals surface area contributed by atoms with Crippen molar-refractivity contribution in [1.82, 2.24) is 9.38 Å². The van der Waals surface area contributed by atoms with Gasteiger partial charge in [-0.05, 0) is 24.1 Å². The molecule has 6 nitrogen and oxygen atoms in total. The molecule has 0 N–H and O–H groups in total. The molecule has 4 rings (SSSR count). The number of anilines is 1. The number of carbonyl (C=O) groups is 1. The smallest absolute Gasteiger partial charge is 0.310 e. The second-order valence-electron chi connectivity index (χ2n) is 6.85. The van der Waals surface area contributed by atoms with Gasteiger partial charge < -0.3 is 9.64 Å². The lowest BCUT2D eigenvalue weighted by Crippen LogP contribution is -2.43. The van der Waals surface area contributed by atoms with E-state index < -0.39 is 0 Å². The molecule has 1 aromatic carbocycles. The Morgan fingerprint density at radius 2 is 1.89 bits per heavy atom. The lowest BCUT2D eigenvalue weighted by Gasteiger charge is -2.37. The Bertz CT molecular complexity index is 1020. The molecule has 0 aliphatic carbocycles. The van der Waals surface area contributed by atoms with Gasteiger partial charge in [0.25, 0.3) is 5.56 Å². The summed E-state index contributed by atoms with van der Waals surface area (Å²) in [5.74, 6) is 0.281. The number of nitrogens with zero attached hydrogens (tertiary/aromatic N) is 3. The number of hydrogen-bond donors (Lipinski definition) is 0. The Labute approximate surface area is 157 Å². The molecule has 1 aliphatic rings. The van der Waals surface area contributed by atoms with Gasteiger partial charge in [0.2, 0.25) is 0 Å². The van der Waals surface area contributed by atoms with Gasteiger partial charge in [-0.2, -0.15) is 0 Å². The molecule has 0 saturated carbocycles. The predicted octanol–water partition coefficient (Wildman–Crippen LogP) is 2.48. The van der Waals surface area contributed by atoms with Crippen LogP contribution in [0, 0.1) is 5.92 Å². The van der Waals surface area contributed by atoms with Crippen LogP contribution in [0.25, 0.3) is 5.65 Å². The third-order valence-electron chi connectivity index (χ3n) is 5.14. The number of fused-ring (bicyclic) bond motifs is 1. The second kappa shape index (κ2) is 7.23. The van der Waals surface area contributed by atoms with Crippen LogP contribution in [0.3, 0.4) is 0 Å². The number of hydrogen-bond acceptors (Lipinski definition) is 5. The van der Waals surface area contributed by atoms with Crippen LogP contribution in [0.5, 0.6) is 0 Å². The summed E-state index contributed by atoms with van der Waals surface area (Å²) in [4.78, 5) is 31.4. The van der Waals surface area contributed by atoms with E-state index in [9.17, 15) is 9.59 Å². The quantitative estimate of drug-likeness (QED) is 0.669. The van der Waals surface area contributed by atoms with Crippen LogP contribution in [-0.2, 0) is 9.53 Å². The number of ether oxygens (including phenoxy) is 1. The van der Waals surface area contributed by atoms with Gasteiger partial charge >= 0.3 is 5.97 Å². The first-order valence-corrected chi connectivity index (χ1v) is 9.02. The van der Waals surface area contributed by atoms with Crippen molar-refractivity contribution in [3.63, 3.8) is 0 Å². The lowest BCUT2D eigenvalue weighted by molar-refractivity contribution is -0.145. The molecule has 1 saturated heterocycles. The minimum Gasteiger partial charge on any atom is -0.469 e. The molecular formula is C21H21N3O3. The molecule has 3 heterocycles. The fourth-order valence-corrected chi connectivity index (χ4v) is 3.79. The summed E-state index contributed by atoms with van der Waals surface area (Å²) in [6, 6.07) is 17.1. The van der Waals surface area contributed by atoms with Crippen LogP contribution in [-0.4, -0.2) is 35.6 Å². The standard InChI is InChI=1S/C21H21N3O3/c1-27-21(26)17-11-16(15-7-3-2-4-8-15)13-23(14-17)19-12-20(25)24-10-6-5-9-18(24)22-19/h2-10,12,16-17H,11,13-14H2,1H3/t16-,17-/m0/s1. The van der Waals surface area contributed by atoms with Crippen LogP contribution in [0.4, 0.5) is 5.82 Å². The molecule has 27 heavy (non-hydrogen) atoms. The second-order valence-corrected chi connectivity index (χ2v) is 6.85. The van der Waals surface area contributed by atoms with Gasteiger partial charge in [0.05, 0.1) is 13.0 Å². The third-order valence-corrected chi connectivity index (χ3v) is 5.14. The number of esters is 1. The SMILES string of the molecule is COC(=O)[C@H]1C[C@H](c2ccccc2)CN(c2cc(=O)n3ccccc3n2)C1. The Kier molecular flexibility index (Phi) is 4.62. The zero-order valence-electron chi connectivity index (χ0n) is 15.1. The molecule has 3 aromatic rings. The summed E-state index contributed by atoms with van der Waals surface area (Å²) < 4.78 is 6.51. The summed E-state index contributed by atoms with van der Waals surface area (Å²) in [5.41, 5.74) is 1.64. The topological polar surface area (TPSA) is 63.9 Å². The van der Waals surface area contributed by atoms with Crippen LogP contribution in [0.1, 0.15) is 17.9 Å². The monoisotopic (exact) mass is 363 g/mol. The molecule has 2 aromatic heterocycles. The molecule has 0 radical (unpaired) electrons. The van der Waals surface area contributed by atoms with Crippen molar-refractivity contribution in [1.29, 1.82) is 0 Å². The van der Waals surface area contributed by atoms with E-state index in [4.69, 9.17) is 4.74 Å². The molecule has 138 valence electrons. The van der Waals surface area contributed by atoms with Crippen molar-refractivity contribution in [3.8, 4) is 0 Å².